The van der Waals surface area contributed by atoms with Gasteiger partial charge in [0.05, 0.1) is 12.7 Å². The average molecular weight is 339 g/mol. The van der Waals surface area contributed by atoms with Crippen molar-refractivity contribution in [2.45, 2.75) is 39.2 Å². The van der Waals surface area contributed by atoms with Crippen LogP contribution in [0.2, 0.25) is 0 Å². The summed E-state index contributed by atoms with van der Waals surface area (Å²) in [5.41, 5.74) is 4.00. The second-order valence-corrected chi connectivity index (χ2v) is 6.66. The Morgan fingerprint density at radius 1 is 1.24 bits per heavy atom. The second-order valence-electron chi connectivity index (χ2n) is 6.66. The van der Waals surface area contributed by atoms with E-state index in [9.17, 15) is 4.79 Å². The molecule has 0 bridgehead atoms. The van der Waals surface area contributed by atoms with E-state index in [0.717, 1.165) is 29.0 Å². The molecule has 4 nitrogen and oxygen atoms in total. The lowest BCUT2D eigenvalue weighted by Gasteiger charge is -2.12. The smallest absolute Gasteiger partial charge is 0.255 e. The number of fused-ring (bicyclic) bond motifs is 1. The van der Waals surface area contributed by atoms with Gasteiger partial charge in [0.2, 0.25) is 0 Å². The maximum Gasteiger partial charge on any atom is 0.255 e. The van der Waals surface area contributed by atoms with E-state index in [1.807, 2.05) is 37.3 Å². The number of benzene rings is 2. The van der Waals surface area contributed by atoms with E-state index >= 15 is 0 Å². The highest BCUT2D eigenvalue weighted by Crippen LogP contribution is 2.40. The topological polar surface area (TPSA) is 47.6 Å². The van der Waals surface area contributed by atoms with Crippen LogP contribution in [0.3, 0.4) is 0 Å². The largest absolute Gasteiger partial charge is 0.496 e. The zero-order valence-electron chi connectivity index (χ0n) is 15.3. The fourth-order valence-corrected chi connectivity index (χ4v) is 3.27. The number of amides is 1. The van der Waals surface area contributed by atoms with Gasteiger partial charge in [-0.05, 0) is 38.0 Å². The van der Waals surface area contributed by atoms with Crippen LogP contribution < -0.4 is 14.8 Å². The van der Waals surface area contributed by atoms with Crippen LogP contribution in [0.25, 0.3) is 0 Å². The Morgan fingerprint density at radius 3 is 2.80 bits per heavy atom. The quantitative estimate of drug-likeness (QED) is 0.900. The number of aryl methyl sites for hydroxylation is 1. The van der Waals surface area contributed by atoms with Crippen LogP contribution in [0.15, 0.2) is 36.4 Å². The highest BCUT2D eigenvalue weighted by atomic mass is 16.5. The molecule has 0 saturated carbocycles. The van der Waals surface area contributed by atoms with Gasteiger partial charge in [0.15, 0.2) is 0 Å². The summed E-state index contributed by atoms with van der Waals surface area (Å²) in [5, 5.41) is 3.00. The second kappa shape index (κ2) is 7.18. The molecule has 2 atom stereocenters. The van der Waals surface area contributed by atoms with Gasteiger partial charge in [0, 0.05) is 18.0 Å². The zero-order chi connectivity index (χ0) is 18.0. The number of carbonyl (C=O) groups excluding carboxylic acids is 1. The van der Waals surface area contributed by atoms with Crippen molar-refractivity contribution < 1.29 is 14.3 Å². The van der Waals surface area contributed by atoms with Gasteiger partial charge in [-0.25, -0.2) is 0 Å². The Morgan fingerprint density at radius 2 is 2.04 bits per heavy atom. The van der Waals surface area contributed by atoms with Crippen molar-refractivity contribution >= 4 is 5.91 Å². The summed E-state index contributed by atoms with van der Waals surface area (Å²) in [5.74, 6) is 1.80. The molecule has 0 aromatic heterocycles. The first-order valence-corrected chi connectivity index (χ1v) is 8.72. The van der Waals surface area contributed by atoms with E-state index in [1.165, 1.54) is 5.56 Å². The van der Waals surface area contributed by atoms with Crippen LogP contribution in [0.4, 0.5) is 0 Å². The molecule has 2 aromatic rings. The molecule has 4 heteroatoms. The third-order valence-electron chi connectivity index (χ3n) is 4.90. The minimum Gasteiger partial charge on any atom is -0.496 e. The summed E-state index contributed by atoms with van der Waals surface area (Å²) < 4.78 is 11.3. The minimum atomic E-state index is -0.0928. The van der Waals surface area contributed by atoms with Crippen molar-refractivity contribution in [2.24, 2.45) is 0 Å². The van der Waals surface area contributed by atoms with E-state index in [-0.39, 0.29) is 12.0 Å². The molecule has 0 spiro atoms. The number of para-hydroxylation sites is 1. The normalized spacial score (nSPS) is 18.4. The van der Waals surface area contributed by atoms with Crippen molar-refractivity contribution in [1.29, 1.82) is 0 Å². The summed E-state index contributed by atoms with van der Waals surface area (Å²) in [6.07, 6.45) is 0.819. The van der Waals surface area contributed by atoms with Gasteiger partial charge in [-0.1, -0.05) is 36.8 Å². The lowest BCUT2D eigenvalue weighted by Crippen LogP contribution is -2.26. The summed E-state index contributed by atoms with van der Waals surface area (Å²) >= 11 is 0. The van der Waals surface area contributed by atoms with E-state index < -0.39 is 0 Å². The van der Waals surface area contributed by atoms with E-state index in [1.54, 1.807) is 7.11 Å². The van der Waals surface area contributed by atoms with Gasteiger partial charge < -0.3 is 14.8 Å². The van der Waals surface area contributed by atoms with Crippen molar-refractivity contribution in [1.82, 2.24) is 5.32 Å². The van der Waals surface area contributed by atoms with Gasteiger partial charge in [-0.3, -0.25) is 4.79 Å². The molecule has 1 heterocycles. The first-order valence-electron chi connectivity index (χ1n) is 8.72. The van der Waals surface area contributed by atoms with Crippen LogP contribution in [-0.2, 0) is 6.42 Å². The molecule has 1 aliphatic rings. The molecule has 2 aromatic carbocycles. The van der Waals surface area contributed by atoms with Gasteiger partial charge in [0.1, 0.15) is 17.6 Å². The molecule has 132 valence electrons. The maximum atomic E-state index is 12.6. The van der Waals surface area contributed by atoms with Crippen LogP contribution in [0.5, 0.6) is 11.5 Å². The van der Waals surface area contributed by atoms with E-state index in [4.69, 9.17) is 9.47 Å². The van der Waals surface area contributed by atoms with E-state index in [2.05, 4.69) is 25.2 Å². The average Bonchev–Trinajstić information content (AvgIpc) is 2.89. The molecule has 1 N–H and O–H groups in total. The number of rotatable bonds is 5. The summed E-state index contributed by atoms with van der Waals surface area (Å²) in [6.45, 7) is 6.76. The highest BCUT2D eigenvalue weighted by Gasteiger charge is 2.30. The molecule has 1 amide bonds. The minimum absolute atomic E-state index is 0.0928. The Balaban J connectivity index is 1.68. The molecule has 0 unspecified atom stereocenters. The van der Waals surface area contributed by atoms with Gasteiger partial charge in [0.25, 0.3) is 5.91 Å². The van der Waals surface area contributed by atoms with E-state index in [0.29, 0.717) is 18.0 Å². The van der Waals surface area contributed by atoms with Crippen LogP contribution in [0.1, 0.15) is 46.8 Å². The first kappa shape index (κ1) is 17.3. The van der Waals surface area contributed by atoms with Crippen molar-refractivity contribution in [3.8, 4) is 11.5 Å². The fraction of sp³-hybridized carbons (Fsp3) is 0.381. The SMILES string of the molecule is COc1ccc(C)cc1CCNC(=O)c1cccc2c1O[C@@H](C)[C@@H]2C. The number of hydrogen-bond acceptors (Lipinski definition) is 3. The number of hydrogen-bond donors (Lipinski definition) is 1. The van der Waals surface area contributed by atoms with Crippen LogP contribution >= 0.6 is 0 Å². The predicted molar refractivity (Wildman–Crippen MR) is 98.7 cm³/mol. The molecule has 0 radical (unpaired) electrons. The number of methoxy groups -OCH3 is 1. The zero-order valence-corrected chi connectivity index (χ0v) is 15.3. The molecule has 3 rings (SSSR count). The van der Waals surface area contributed by atoms with Crippen LogP contribution in [0, 0.1) is 6.92 Å². The summed E-state index contributed by atoms with van der Waals surface area (Å²) in [7, 11) is 1.67. The third kappa shape index (κ3) is 3.48. The summed E-state index contributed by atoms with van der Waals surface area (Å²) in [4.78, 5) is 12.6. The fourth-order valence-electron chi connectivity index (χ4n) is 3.27. The first-order chi connectivity index (χ1) is 12.0. The summed E-state index contributed by atoms with van der Waals surface area (Å²) in [6, 6.07) is 11.9. The lowest BCUT2D eigenvalue weighted by atomic mass is 9.97. The predicted octanol–water partition coefficient (Wildman–Crippen LogP) is 3.86. The Labute approximate surface area is 149 Å². The Kier molecular flexibility index (Phi) is 4.98. The van der Waals surface area contributed by atoms with Crippen molar-refractivity contribution in [3.05, 3.63) is 58.7 Å². The number of carbonyl (C=O) groups is 1. The van der Waals surface area contributed by atoms with Crippen molar-refractivity contribution in [2.75, 3.05) is 13.7 Å². The lowest BCUT2D eigenvalue weighted by molar-refractivity contribution is 0.0949. The van der Waals surface area contributed by atoms with Gasteiger partial charge >= 0.3 is 0 Å². The molecule has 0 aliphatic carbocycles. The third-order valence-corrected chi connectivity index (χ3v) is 4.90. The van der Waals surface area contributed by atoms with Crippen molar-refractivity contribution in [3.63, 3.8) is 0 Å². The van der Waals surface area contributed by atoms with Gasteiger partial charge in [-0.15, -0.1) is 0 Å². The van der Waals surface area contributed by atoms with Gasteiger partial charge in [-0.2, -0.15) is 0 Å². The molecular formula is C21H25NO3. The Bertz CT molecular complexity index is 785. The highest BCUT2D eigenvalue weighted by molar-refractivity contribution is 5.97. The molecule has 25 heavy (non-hydrogen) atoms. The molecule has 0 fully saturated rings. The van der Waals surface area contributed by atoms with Crippen LogP contribution in [-0.4, -0.2) is 25.7 Å². The number of ether oxygens (including phenoxy) is 2. The Hall–Kier alpha value is -2.49. The monoisotopic (exact) mass is 339 g/mol. The molecule has 0 saturated heterocycles. The standard InChI is InChI=1S/C21H25NO3/c1-13-8-9-19(24-4)16(12-13)10-11-22-21(23)18-7-5-6-17-14(2)15(3)25-20(17)18/h5-9,12,14-15H,10-11H2,1-4H3,(H,22,23)/t14-,15-/m0/s1. The number of nitrogens with one attached hydrogen (secondary N) is 1. The molecule has 1 aliphatic heterocycles. The maximum absolute atomic E-state index is 12.6. The molecular weight excluding hydrogens is 314 g/mol.